The van der Waals surface area contributed by atoms with E-state index in [1.165, 1.54) is 6.07 Å². The van der Waals surface area contributed by atoms with Crippen molar-refractivity contribution in [2.24, 2.45) is 0 Å². The third kappa shape index (κ3) is 5.40. The number of pyridine rings is 1. The molecule has 0 spiro atoms. The number of nitrogens with one attached hydrogen (secondary N) is 1. The minimum atomic E-state index is -0.551. The molecule has 1 N–H and O–H groups in total. The number of benzene rings is 1. The molecule has 1 heterocycles. The summed E-state index contributed by atoms with van der Waals surface area (Å²) in [6.45, 7) is 3.52. The molecule has 0 fully saturated rings. The van der Waals surface area contributed by atoms with Gasteiger partial charge in [-0.25, -0.2) is 4.73 Å². The number of rotatable bonds is 9. The fraction of sp³-hybridized carbons (Fsp3) is 0.312. The van der Waals surface area contributed by atoms with E-state index in [1.54, 1.807) is 0 Å². The summed E-state index contributed by atoms with van der Waals surface area (Å²) in [5.41, 5.74) is 0.984. The number of nitrogens with zero attached hydrogens (tertiary/aromatic N) is 2. The monoisotopic (exact) mass is 333 g/mol. The van der Waals surface area contributed by atoms with Gasteiger partial charge in [-0.3, -0.25) is 15.4 Å². The fourth-order valence-electron chi connectivity index (χ4n) is 2.00. The highest BCUT2D eigenvalue weighted by Gasteiger charge is 2.12. The van der Waals surface area contributed by atoms with Crippen LogP contribution in [-0.2, 0) is 4.74 Å². The Bertz CT molecular complexity index is 693. The van der Waals surface area contributed by atoms with Gasteiger partial charge < -0.3 is 14.7 Å². The smallest absolute Gasteiger partial charge is 0.284 e. The molecule has 1 aromatic heterocycles. The first kappa shape index (κ1) is 17.5. The van der Waals surface area contributed by atoms with Crippen molar-refractivity contribution in [2.75, 3.05) is 31.7 Å². The van der Waals surface area contributed by atoms with Gasteiger partial charge in [-0.15, -0.1) is 0 Å². The van der Waals surface area contributed by atoms with Crippen LogP contribution in [0.25, 0.3) is 0 Å². The van der Waals surface area contributed by atoms with Crippen LogP contribution in [-0.4, -0.2) is 31.3 Å². The maximum atomic E-state index is 11.5. The van der Waals surface area contributed by atoms with Gasteiger partial charge in [0.05, 0.1) is 24.2 Å². The van der Waals surface area contributed by atoms with E-state index in [0.29, 0.717) is 31.1 Å². The second-order valence-corrected chi connectivity index (χ2v) is 5.06. The standard InChI is InChI=1S/C16H19N3O5/c1-13-3-2-4-15(11-13)24-10-9-23-8-6-17-16-12-14(19(21)22)5-7-18(16)20/h2-5,7,11-12,17H,6,8-10H2,1H3. The molecule has 0 saturated heterocycles. The van der Waals surface area contributed by atoms with Crippen molar-refractivity contribution in [3.63, 3.8) is 0 Å². The molecule has 0 aliphatic rings. The van der Waals surface area contributed by atoms with Gasteiger partial charge >= 0.3 is 0 Å². The number of aryl methyl sites for hydroxylation is 1. The number of anilines is 1. The predicted molar refractivity (Wildman–Crippen MR) is 88.0 cm³/mol. The lowest BCUT2D eigenvalue weighted by Gasteiger charge is -2.09. The molecule has 128 valence electrons. The van der Waals surface area contributed by atoms with Gasteiger partial charge in [0.15, 0.2) is 0 Å². The molecule has 0 saturated carbocycles. The first-order chi connectivity index (χ1) is 11.6. The SMILES string of the molecule is Cc1cccc(OCCOCCNc2cc([N+](=O)[O-])cc[n+]2[O-])c1. The van der Waals surface area contributed by atoms with Crippen LogP contribution in [0.4, 0.5) is 11.5 Å². The van der Waals surface area contributed by atoms with E-state index in [-0.39, 0.29) is 11.5 Å². The van der Waals surface area contributed by atoms with Crippen LogP contribution < -0.4 is 14.8 Å². The van der Waals surface area contributed by atoms with Crippen molar-refractivity contribution in [1.82, 2.24) is 0 Å². The van der Waals surface area contributed by atoms with Gasteiger partial charge in [0.1, 0.15) is 31.2 Å². The molecule has 2 aromatic rings. The molecule has 0 radical (unpaired) electrons. The molecule has 0 unspecified atom stereocenters. The van der Waals surface area contributed by atoms with E-state index >= 15 is 0 Å². The highest BCUT2D eigenvalue weighted by Crippen LogP contribution is 2.13. The van der Waals surface area contributed by atoms with Crippen LogP contribution in [0.1, 0.15) is 5.56 Å². The van der Waals surface area contributed by atoms with Crippen LogP contribution in [0, 0.1) is 22.2 Å². The van der Waals surface area contributed by atoms with Crippen molar-refractivity contribution in [2.45, 2.75) is 6.92 Å². The largest absolute Gasteiger partial charge is 0.711 e. The maximum absolute atomic E-state index is 11.5. The van der Waals surface area contributed by atoms with E-state index in [1.807, 2.05) is 31.2 Å². The number of hydrogen-bond donors (Lipinski definition) is 1. The Kier molecular flexibility index (Phi) is 6.32. The summed E-state index contributed by atoms with van der Waals surface area (Å²) >= 11 is 0. The molecular formula is C16H19N3O5. The minimum Gasteiger partial charge on any atom is -0.711 e. The summed E-state index contributed by atoms with van der Waals surface area (Å²) in [5.74, 6) is 0.907. The lowest BCUT2D eigenvalue weighted by Crippen LogP contribution is -2.31. The Labute approximate surface area is 139 Å². The van der Waals surface area contributed by atoms with Crippen molar-refractivity contribution >= 4 is 11.5 Å². The summed E-state index contributed by atoms with van der Waals surface area (Å²) in [5, 5.41) is 25.0. The van der Waals surface area contributed by atoms with Crippen molar-refractivity contribution in [3.05, 3.63) is 63.5 Å². The maximum Gasteiger partial charge on any atom is 0.284 e. The van der Waals surface area contributed by atoms with Gasteiger partial charge in [-0.05, 0) is 24.6 Å². The second kappa shape index (κ2) is 8.68. The molecular weight excluding hydrogens is 314 g/mol. The number of ether oxygens (including phenoxy) is 2. The zero-order chi connectivity index (χ0) is 17.4. The summed E-state index contributed by atoms with van der Waals surface area (Å²) in [7, 11) is 0. The van der Waals surface area contributed by atoms with Gasteiger partial charge in [0, 0.05) is 0 Å². The molecule has 1 aromatic carbocycles. The first-order valence-corrected chi connectivity index (χ1v) is 7.45. The molecule has 0 bridgehead atoms. The quantitative estimate of drug-likeness (QED) is 0.248. The molecule has 0 amide bonds. The van der Waals surface area contributed by atoms with Gasteiger partial charge in [-0.1, -0.05) is 12.1 Å². The topological polar surface area (TPSA) is 101 Å². The number of aromatic nitrogens is 1. The summed E-state index contributed by atoms with van der Waals surface area (Å²) < 4.78 is 11.5. The average Bonchev–Trinajstić information content (AvgIpc) is 2.55. The average molecular weight is 333 g/mol. The highest BCUT2D eigenvalue weighted by atomic mass is 16.6. The van der Waals surface area contributed by atoms with Crippen LogP contribution in [0.15, 0.2) is 42.6 Å². The Morgan fingerprint density at radius 1 is 1.21 bits per heavy atom. The Balaban J connectivity index is 1.65. The first-order valence-electron chi connectivity index (χ1n) is 7.45. The van der Waals surface area contributed by atoms with Crippen LogP contribution in [0.3, 0.4) is 0 Å². The Morgan fingerprint density at radius 3 is 2.79 bits per heavy atom. The summed E-state index contributed by atoms with van der Waals surface area (Å²) in [4.78, 5) is 10.1. The van der Waals surface area contributed by atoms with Crippen molar-refractivity contribution in [3.8, 4) is 5.75 Å². The molecule has 8 heteroatoms. The zero-order valence-electron chi connectivity index (χ0n) is 13.3. The third-order valence-electron chi connectivity index (χ3n) is 3.15. The van der Waals surface area contributed by atoms with Crippen LogP contribution in [0.5, 0.6) is 5.75 Å². The van der Waals surface area contributed by atoms with E-state index in [2.05, 4.69) is 5.32 Å². The van der Waals surface area contributed by atoms with Gasteiger partial charge in [0.25, 0.3) is 11.5 Å². The normalized spacial score (nSPS) is 10.4. The fourth-order valence-corrected chi connectivity index (χ4v) is 2.00. The molecule has 8 nitrogen and oxygen atoms in total. The van der Waals surface area contributed by atoms with Crippen molar-refractivity contribution < 1.29 is 19.1 Å². The predicted octanol–water partition coefficient (Wildman–Crippen LogP) is 2.04. The van der Waals surface area contributed by atoms with E-state index < -0.39 is 4.92 Å². The molecule has 0 atom stereocenters. The second-order valence-electron chi connectivity index (χ2n) is 5.06. The van der Waals surface area contributed by atoms with E-state index in [0.717, 1.165) is 23.6 Å². The lowest BCUT2D eigenvalue weighted by molar-refractivity contribution is -0.591. The van der Waals surface area contributed by atoms with E-state index in [9.17, 15) is 15.3 Å². The zero-order valence-corrected chi connectivity index (χ0v) is 13.3. The molecule has 0 aliphatic carbocycles. The van der Waals surface area contributed by atoms with Crippen LogP contribution in [0.2, 0.25) is 0 Å². The third-order valence-corrected chi connectivity index (χ3v) is 3.15. The summed E-state index contributed by atoms with van der Waals surface area (Å²) in [6, 6.07) is 10.1. The Hall–Kier alpha value is -2.87. The van der Waals surface area contributed by atoms with Crippen molar-refractivity contribution in [1.29, 1.82) is 0 Å². The number of hydrogen-bond acceptors (Lipinski definition) is 6. The number of nitro groups is 1. The van der Waals surface area contributed by atoms with Gasteiger partial charge in [-0.2, -0.15) is 0 Å². The van der Waals surface area contributed by atoms with Crippen LogP contribution >= 0.6 is 0 Å². The molecule has 2 rings (SSSR count). The highest BCUT2D eigenvalue weighted by molar-refractivity contribution is 5.40. The molecule has 0 aliphatic heterocycles. The Morgan fingerprint density at radius 2 is 2.04 bits per heavy atom. The lowest BCUT2D eigenvalue weighted by atomic mass is 10.2. The van der Waals surface area contributed by atoms with Gasteiger partial charge in [0.2, 0.25) is 0 Å². The summed E-state index contributed by atoms with van der Waals surface area (Å²) in [6.07, 6.45) is 1.09. The van der Waals surface area contributed by atoms with E-state index in [4.69, 9.17) is 9.47 Å². The minimum absolute atomic E-state index is 0.115. The molecule has 24 heavy (non-hydrogen) atoms.